The molecule has 0 spiro atoms. The first-order valence-corrected chi connectivity index (χ1v) is 5.08. The molecule has 1 rings (SSSR count). The van der Waals surface area contributed by atoms with Crippen molar-refractivity contribution < 1.29 is 9.18 Å². The van der Waals surface area contributed by atoms with Gasteiger partial charge in [0.05, 0.1) is 0 Å². The van der Waals surface area contributed by atoms with Gasteiger partial charge in [-0.1, -0.05) is 6.92 Å². The molecule has 3 heteroatoms. The Kier molecular flexibility index (Phi) is 3.70. The molecule has 3 unspecified atom stereocenters. The third-order valence-corrected chi connectivity index (χ3v) is 2.74. The third kappa shape index (κ3) is 2.98. The minimum absolute atomic E-state index is 0.0366. The van der Waals surface area contributed by atoms with E-state index in [0.717, 1.165) is 6.42 Å². The van der Waals surface area contributed by atoms with Gasteiger partial charge in [-0.15, -0.1) is 0 Å². The number of alkyl halides is 1. The number of nitrogens with one attached hydrogen (secondary N) is 1. The molecule has 0 aromatic heterocycles. The van der Waals surface area contributed by atoms with Crippen LogP contribution >= 0.6 is 0 Å². The molecular weight excluding hydrogens is 169 g/mol. The predicted molar refractivity (Wildman–Crippen MR) is 50.1 cm³/mol. The molecule has 1 amide bonds. The number of carbonyl (C=O) groups excluding carboxylic acids is 1. The molecule has 0 bridgehead atoms. The topological polar surface area (TPSA) is 29.1 Å². The lowest BCUT2D eigenvalue weighted by atomic mass is 10.1. The number of halogens is 1. The lowest BCUT2D eigenvalue weighted by Gasteiger charge is -2.14. The van der Waals surface area contributed by atoms with Crippen molar-refractivity contribution in [3.8, 4) is 0 Å². The van der Waals surface area contributed by atoms with Crippen LogP contribution in [-0.2, 0) is 4.79 Å². The summed E-state index contributed by atoms with van der Waals surface area (Å²) >= 11 is 0. The molecule has 0 saturated heterocycles. The summed E-state index contributed by atoms with van der Waals surface area (Å²) in [5, 5.41) is 2.89. The molecule has 1 aliphatic carbocycles. The highest BCUT2D eigenvalue weighted by Gasteiger charge is 2.29. The van der Waals surface area contributed by atoms with Crippen LogP contribution in [0.2, 0.25) is 0 Å². The first-order valence-electron chi connectivity index (χ1n) is 5.08. The number of hydrogen-bond donors (Lipinski definition) is 1. The summed E-state index contributed by atoms with van der Waals surface area (Å²) in [6.07, 6.45) is 1.86. The van der Waals surface area contributed by atoms with Gasteiger partial charge in [0.1, 0.15) is 6.17 Å². The quantitative estimate of drug-likeness (QED) is 0.719. The number of amides is 1. The maximum absolute atomic E-state index is 12.8. The highest BCUT2D eigenvalue weighted by Crippen LogP contribution is 2.27. The molecule has 76 valence electrons. The van der Waals surface area contributed by atoms with E-state index in [9.17, 15) is 9.18 Å². The van der Waals surface area contributed by atoms with E-state index < -0.39 is 6.17 Å². The molecule has 1 fully saturated rings. The fourth-order valence-corrected chi connectivity index (χ4v) is 1.63. The van der Waals surface area contributed by atoms with Crippen molar-refractivity contribution >= 4 is 5.91 Å². The third-order valence-electron chi connectivity index (χ3n) is 2.74. The second kappa shape index (κ2) is 4.58. The van der Waals surface area contributed by atoms with E-state index in [1.165, 1.54) is 0 Å². The normalized spacial score (nSPS) is 30.1. The van der Waals surface area contributed by atoms with Crippen LogP contribution in [0, 0.1) is 5.92 Å². The van der Waals surface area contributed by atoms with Gasteiger partial charge in [0, 0.05) is 12.0 Å². The zero-order valence-corrected chi connectivity index (χ0v) is 8.35. The van der Waals surface area contributed by atoms with Crippen LogP contribution in [0.3, 0.4) is 0 Å². The van der Waals surface area contributed by atoms with E-state index in [-0.39, 0.29) is 17.9 Å². The summed E-state index contributed by atoms with van der Waals surface area (Å²) in [7, 11) is 0. The predicted octanol–water partition coefficient (Wildman–Crippen LogP) is 2.04. The summed E-state index contributed by atoms with van der Waals surface area (Å²) in [5.74, 6) is -0.0431. The SMILES string of the molecule is CCC(C)NC(=O)C1CCC(F)C1. The summed E-state index contributed by atoms with van der Waals surface area (Å²) in [4.78, 5) is 11.5. The molecule has 1 saturated carbocycles. The molecule has 0 heterocycles. The monoisotopic (exact) mass is 187 g/mol. The Morgan fingerprint density at radius 1 is 1.62 bits per heavy atom. The van der Waals surface area contributed by atoms with Crippen LogP contribution in [0.1, 0.15) is 39.5 Å². The fraction of sp³-hybridized carbons (Fsp3) is 0.900. The smallest absolute Gasteiger partial charge is 0.223 e. The zero-order chi connectivity index (χ0) is 9.84. The summed E-state index contributed by atoms with van der Waals surface area (Å²) < 4.78 is 12.8. The van der Waals surface area contributed by atoms with Crippen LogP contribution in [0.25, 0.3) is 0 Å². The molecule has 0 aliphatic heterocycles. The minimum Gasteiger partial charge on any atom is -0.353 e. The molecule has 1 aliphatic rings. The van der Waals surface area contributed by atoms with Gasteiger partial charge in [0.15, 0.2) is 0 Å². The second-order valence-corrected chi connectivity index (χ2v) is 3.93. The maximum atomic E-state index is 12.8. The first-order chi connectivity index (χ1) is 6.13. The van der Waals surface area contributed by atoms with Crippen molar-refractivity contribution in [3.05, 3.63) is 0 Å². The van der Waals surface area contributed by atoms with Crippen LogP contribution in [0.4, 0.5) is 4.39 Å². The van der Waals surface area contributed by atoms with Gasteiger partial charge in [0.2, 0.25) is 5.91 Å². The minimum atomic E-state index is -0.757. The molecular formula is C10H18FNO. The van der Waals surface area contributed by atoms with E-state index in [1.807, 2.05) is 13.8 Å². The number of carbonyl (C=O) groups is 1. The molecule has 0 aromatic rings. The Labute approximate surface area is 78.9 Å². The molecule has 0 radical (unpaired) electrons. The van der Waals surface area contributed by atoms with E-state index in [1.54, 1.807) is 0 Å². The Bertz CT molecular complexity index is 184. The molecule has 2 nitrogen and oxygen atoms in total. The molecule has 13 heavy (non-hydrogen) atoms. The summed E-state index contributed by atoms with van der Waals surface area (Å²) in [6.45, 7) is 4.00. The lowest BCUT2D eigenvalue weighted by molar-refractivity contribution is -0.125. The van der Waals surface area contributed by atoms with Gasteiger partial charge in [0.25, 0.3) is 0 Å². The Balaban J connectivity index is 2.31. The molecule has 3 atom stereocenters. The Hall–Kier alpha value is -0.600. The largest absolute Gasteiger partial charge is 0.353 e. The van der Waals surface area contributed by atoms with Crippen molar-refractivity contribution in [3.63, 3.8) is 0 Å². The van der Waals surface area contributed by atoms with Gasteiger partial charge < -0.3 is 5.32 Å². The number of hydrogen-bond acceptors (Lipinski definition) is 1. The molecule has 0 aromatic carbocycles. The van der Waals surface area contributed by atoms with Gasteiger partial charge in [-0.3, -0.25) is 4.79 Å². The van der Waals surface area contributed by atoms with Crippen molar-refractivity contribution in [2.75, 3.05) is 0 Å². The Morgan fingerprint density at radius 3 is 2.77 bits per heavy atom. The fourth-order valence-electron chi connectivity index (χ4n) is 1.63. The zero-order valence-electron chi connectivity index (χ0n) is 8.35. The average Bonchev–Trinajstić information content (AvgIpc) is 2.51. The van der Waals surface area contributed by atoms with Crippen LogP contribution in [-0.4, -0.2) is 18.1 Å². The lowest BCUT2D eigenvalue weighted by Crippen LogP contribution is -2.36. The highest BCUT2D eigenvalue weighted by atomic mass is 19.1. The second-order valence-electron chi connectivity index (χ2n) is 3.93. The van der Waals surface area contributed by atoms with E-state index >= 15 is 0 Å². The van der Waals surface area contributed by atoms with Gasteiger partial charge in [-0.25, -0.2) is 4.39 Å². The van der Waals surface area contributed by atoms with Gasteiger partial charge >= 0.3 is 0 Å². The summed E-state index contributed by atoms with van der Waals surface area (Å²) in [5.41, 5.74) is 0. The first kappa shape index (κ1) is 10.5. The van der Waals surface area contributed by atoms with Gasteiger partial charge in [-0.05, 0) is 32.6 Å². The standard InChI is InChI=1S/C10H18FNO/c1-3-7(2)12-10(13)8-4-5-9(11)6-8/h7-9H,3-6H2,1-2H3,(H,12,13). The highest BCUT2D eigenvalue weighted by molar-refractivity contribution is 5.79. The van der Waals surface area contributed by atoms with E-state index in [0.29, 0.717) is 19.3 Å². The maximum Gasteiger partial charge on any atom is 0.223 e. The Morgan fingerprint density at radius 2 is 2.31 bits per heavy atom. The van der Waals surface area contributed by atoms with Gasteiger partial charge in [-0.2, -0.15) is 0 Å². The van der Waals surface area contributed by atoms with Crippen LogP contribution in [0.5, 0.6) is 0 Å². The van der Waals surface area contributed by atoms with Crippen molar-refractivity contribution in [1.82, 2.24) is 5.32 Å². The molecule has 1 N–H and O–H groups in total. The van der Waals surface area contributed by atoms with Crippen molar-refractivity contribution in [1.29, 1.82) is 0 Å². The van der Waals surface area contributed by atoms with Crippen molar-refractivity contribution in [2.24, 2.45) is 5.92 Å². The van der Waals surface area contributed by atoms with Crippen molar-refractivity contribution in [2.45, 2.75) is 51.7 Å². The summed E-state index contributed by atoms with van der Waals surface area (Å²) in [6, 6.07) is 0.214. The van der Waals surface area contributed by atoms with E-state index in [2.05, 4.69) is 5.32 Å². The van der Waals surface area contributed by atoms with E-state index in [4.69, 9.17) is 0 Å². The van der Waals surface area contributed by atoms with Crippen LogP contribution in [0.15, 0.2) is 0 Å². The average molecular weight is 187 g/mol. The number of rotatable bonds is 3. The van der Waals surface area contributed by atoms with Crippen LogP contribution < -0.4 is 5.32 Å².